The first-order valence-corrected chi connectivity index (χ1v) is 6.19. The average molecular weight is 332 g/mol. The van der Waals surface area contributed by atoms with Gasteiger partial charge in [-0.15, -0.1) is 0 Å². The minimum atomic E-state index is -1.34. The largest absolute Gasteiger partial charge is 0.478 e. The van der Waals surface area contributed by atoms with Crippen LogP contribution in [0, 0.1) is 0 Å². The molecule has 0 aliphatic carbocycles. The van der Waals surface area contributed by atoms with E-state index in [1.165, 1.54) is 13.8 Å². The molecule has 0 bridgehead atoms. The Morgan fingerprint density at radius 1 is 1.09 bits per heavy atom. The molecule has 5 N–H and O–H groups in total. The van der Waals surface area contributed by atoms with Gasteiger partial charge in [-0.1, -0.05) is 6.58 Å². The van der Waals surface area contributed by atoms with E-state index >= 15 is 0 Å². The molecule has 130 valence electrons. The molecule has 0 atom stereocenters. The van der Waals surface area contributed by atoms with Crippen molar-refractivity contribution in [2.24, 2.45) is 0 Å². The lowest BCUT2D eigenvalue weighted by molar-refractivity contribution is -0.133. The predicted octanol–water partition coefficient (Wildman–Crippen LogP) is -0.563. The normalized spacial score (nSPS) is 11.8. The highest BCUT2D eigenvalue weighted by molar-refractivity contribution is 6.07. The lowest BCUT2D eigenvalue weighted by Crippen LogP contribution is -2.15. The zero-order valence-electron chi connectivity index (χ0n) is 12.7. The van der Waals surface area contributed by atoms with E-state index in [2.05, 4.69) is 6.58 Å². The lowest BCUT2D eigenvalue weighted by Gasteiger charge is -2.05. The summed E-state index contributed by atoms with van der Waals surface area (Å²) in [6.45, 7) is 4.88. The van der Waals surface area contributed by atoms with Crippen molar-refractivity contribution >= 4 is 17.7 Å². The topological polar surface area (TPSA) is 162 Å². The molecule has 0 saturated carbocycles. The van der Waals surface area contributed by atoms with Crippen molar-refractivity contribution in [2.75, 3.05) is 13.2 Å². The van der Waals surface area contributed by atoms with Gasteiger partial charge >= 0.3 is 11.9 Å². The molecule has 0 unspecified atom stereocenters. The standard InChI is InChI=1S/C11H12O6.C3H8O3/c1-4-8(12)9(7(3)11(15)16)17-5-6(2)10(13)14;4-1-3(6)2-5/h4-5H,1H2,2-3H3,(H,13,14)(H,15,16);3-6H,1-2H2. The maximum absolute atomic E-state index is 11.3. The Labute approximate surface area is 132 Å². The van der Waals surface area contributed by atoms with E-state index in [-0.39, 0.29) is 24.4 Å². The van der Waals surface area contributed by atoms with Gasteiger partial charge in [0.2, 0.25) is 5.78 Å². The third-order valence-corrected chi connectivity index (χ3v) is 2.18. The third kappa shape index (κ3) is 9.96. The molecule has 0 amide bonds. The zero-order chi connectivity index (χ0) is 18.6. The number of aliphatic hydroxyl groups is 3. The first kappa shape index (κ1) is 22.8. The van der Waals surface area contributed by atoms with Crippen LogP contribution in [0.25, 0.3) is 0 Å². The second kappa shape index (κ2) is 12.1. The molecule has 0 aromatic rings. The van der Waals surface area contributed by atoms with Crippen molar-refractivity contribution < 1.29 is 44.7 Å². The van der Waals surface area contributed by atoms with Gasteiger partial charge in [-0.25, -0.2) is 9.59 Å². The highest BCUT2D eigenvalue weighted by Crippen LogP contribution is 2.10. The van der Waals surface area contributed by atoms with Crippen LogP contribution >= 0.6 is 0 Å². The number of carbonyl (C=O) groups is 3. The number of carbonyl (C=O) groups excluding carboxylic acids is 1. The van der Waals surface area contributed by atoms with E-state index in [1.807, 2.05) is 0 Å². The number of allylic oxidation sites excluding steroid dienone is 1. The second-order valence-electron chi connectivity index (χ2n) is 4.07. The van der Waals surface area contributed by atoms with Crippen LogP contribution in [-0.2, 0) is 19.1 Å². The molecule has 0 aromatic heterocycles. The molecule has 0 spiro atoms. The Balaban J connectivity index is 0. The highest BCUT2D eigenvalue weighted by atomic mass is 16.5. The van der Waals surface area contributed by atoms with E-state index in [1.54, 1.807) is 0 Å². The summed E-state index contributed by atoms with van der Waals surface area (Å²) in [6, 6.07) is 0. The molecule has 0 aliphatic heterocycles. The quantitative estimate of drug-likeness (QED) is 0.289. The number of hydrogen-bond acceptors (Lipinski definition) is 7. The van der Waals surface area contributed by atoms with Crippen LogP contribution in [0.15, 0.2) is 35.8 Å². The fourth-order valence-corrected chi connectivity index (χ4v) is 0.777. The van der Waals surface area contributed by atoms with E-state index in [4.69, 9.17) is 30.3 Å². The monoisotopic (exact) mass is 332 g/mol. The Bertz CT molecular complexity index is 498. The van der Waals surface area contributed by atoms with Gasteiger partial charge in [-0.05, 0) is 19.9 Å². The minimum absolute atomic E-state index is 0.169. The number of rotatable bonds is 8. The van der Waals surface area contributed by atoms with Crippen molar-refractivity contribution in [3.63, 3.8) is 0 Å². The van der Waals surface area contributed by atoms with Gasteiger partial charge in [0.05, 0.1) is 24.4 Å². The maximum Gasteiger partial charge on any atom is 0.335 e. The molecule has 23 heavy (non-hydrogen) atoms. The number of aliphatic hydroxyl groups excluding tert-OH is 3. The fourth-order valence-electron chi connectivity index (χ4n) is 0.777. The molecular weight excluding hydrogens is 312 g/mol. The van der Waals surface area contributed by atoms with Gasteiger partial charge < -0.3 is 30.3 Å². The van der Waals surface area contributed by atoms with Crippen LogP contribution in [0.1, 0.15) is 13.8 Å². The second-order valence-corrected chi connectivity index (χ2v) is 4.07. The zero-order valence-corrected chi connectivity index (χ0v) is 12.7. The van der Waals surface area contributed by atoms with Crippen LogP contribution < -0.4 is 0 Å². The molecule has 0 saturated heterocycles. The highest BCUT2D eigenvalue weighted by Gasteiger charge is 2.16. The first-order valence-electron chi connectivity index (χ1n) is 6.19. The van der Waals surface area contributed by atoms with Crippen molar-refractivity contribution in [3.8, 4) is 0 Å². The van der Waals surface area contributed by atoms with Gasteiger partial charge in [-0.3, -0.25) is 4.79 Å². The van der Waals surface area contributed by atoms with Crippen LogP contribution in [0.5, 0.6) is 0 Å². The molecule has 0 aromatic carbocycles. The van der Waals surface area contributed by atoms with Crippen LogP contribution in [0.3, 0.4) is 0 Å². The number of aliphatic carboxylic acids is 2. The van der Waals surface area contributed by atoms with E-state index < -0.39 is 29.6 Å². The SMILES string of the molecule is C=CC(=O)C(OC=C(C)C(=O)O)=C(C)C(=O)O.OCC(O)CO. The van der Waals surface area contributed by atoms with Gasteiger partial charge in [0.15, 0.2) is 5.76 Å². The molecule has 9 nitrogen and oxygen atoms in total. The van der Waals surface area contributed by atoms with Gasteiger partial charge in [0.25, 0.3) is 0 Å². The third-order valence-electron chi connectivity index (χ3n) is 2.18. The molecule has 9 heteroatoms. The summed E-state index contributed by atoms with van der Waals surface area (Å²) in [5, 5.41) is 41.3. The fraction of sp³-hybridized carbons (Fsp3) is 0.357. The van der Waals surface area contributed by atoms with Gasteiger partial charge in [0, 0.05) is 0 Å². The Hall–Kier alpha value is -2.49. The van der Waals surface area contributed by atoms with Crippen molar-refractivity contribution in [1.29, 1.82) is 0 Å². The summed E-state index contributed by atoms with van der Waals surface area (Å²) in [4.78, 5) is 32.4. The van der Waals surface area contributed by atoms with E-state index in [0.717, 1.165) is 12.3 Å². The minimum Gasteiger partial charge on any atom is -0.478 e. The summed E-state index contributed by atoms with van der Waals surface area (Å²) >= 11 is 0. The van der Waals surface area contributed by atoms with Crippen LogP contribution in [-0.4, -0.2) is 62.6 Å². The summed E-state index contributed by atoms with van der Waals surface area (Å²) < 4.78 is 4.78. The number of hydrogen-bond donors (Lipinski definition) is 5. The summed E-state index contributed by atoms with van der Waals surface area (Å²) in [6.07, 6.45) is 0.724. The molecule has 0 radical (unpaired) electrons. The molecular formula is C14H20O9. The van der Waals surface area contributed by atoms with Gasteiger partial charge in [0.1, 0.15) is 12.4 Å². The van der Waals surface area contributed by atoms with Crippen molar-refractivity contribution in [3.05, 3.63) is 35.8 Å². The lowest BCUT2D eigenvalue weighted by atomic mass is 10.2. The predicted molar refractivity (Wildman–Crippen MR) is 78.2 cm³/mol. The number of ketones is 1. The molecule has 0 heterocycles. The van der Waals surface area contributed by atoms with E-state index in [0.29, 0.717) is 0 Å². The summed E-state index contributed by atoms with van der Waals surface area (Å²) in [5.41, 5.74) is -0.498. The van der Waals surface area contributed by atoms with Crippen molar-refractivity contribution in [1.82, 2.24) is 0 Å². The smallest absolute Gasteiger partial charge is 0.335 e. The molecule has 0 fully saturated rings. The molecule has 0 aliphatic rings. The number of carboxylic acid groups (broad SMARTS) is 2. The van der Waals surface area contributed by atoms with E-state index in [9.17, 15) is 14.4 Å². The Morgan fingerprint density at radius 2 is 1.57 bits per heavy atom. The Kier molecular flexibility index (Phi) is 12.0. The average Bonchev–Trinajstić information content (AvgIpc) is 2.53. The molecule has 0 rings (SSSR count). The maximum atomic E-state index is 11.3. The number of ether oxygens (including phenoxy) is 1. The Morgan fingerprint density at radius 3 is 1.83 bits per heavy atom. The van der Waals surface area contributed by atoms with Gasteiger partial charge in [-0.2, -0.15) is 0 Å². The van der Waals surface area contributed by atoms with Crippen molar-refractivity contribution in [2.45, 2.75) is 20.0 Å². The first-order chi connectivity index (χ1) is 10.6. The summed E-state index contributed by atoms with van der Waals surface area (Å²) in [5.74, 6) is -3.77. The summed E-state index contributed by atoms with van der Waals surface area (Å²) in [7, 11) is 0. The van der Waals surface area contributed by atoms with Crippen LogP contribution in [0.4, 0.5) is 0 Å². The van der Waals surface area contributed by atoms with Crippen LogP contribution in [0.2, 0.25) is 0 Å². The number of carboxylic acids is 2.